The van der Waals surface area contributed by atoms with E-state index in [2.05, 4.69) is 171 Å². The van der Waals surface area contributed by atoms with Crippen molar-refractivity contribution in [2.75, 3.05) is 10.6 Å². The predicted molar refractivity (Wildman–Crippen MR) is 315 cm³/mol. The highest BCUT2D eigenvalue weighted by molar-refractivity contribution is 6.05. The number of anilines is 2. The maximum Gasteiger partial charge on any atom is 0.0769 e. The zero-order valence-corrected chi connectivity index (χ0v) is 44.8. The minimum atomic E-state index is 0.532. The Bertz CT molecular complexity index is 3660. The molecule has 76 heavy (non-hydrogen) atoms. The number of nitrogens with one attached hydrogen (secondary N) is 4. The maximum atomic E-state index is 5.74. The van der Waals surface area contributed by atoms with Crippen LogP contribution in [0.25, 0.3) is 89.1 Å². The number of H-pyrrole nitrogens is 2. The summed E-state index contributed by atoms with van der Waals surface area (Å²) >= 11 is 0. The van der Waals surface area contributed by atoms with Gasteiger partial charge in [0.25, 0.3) is 0 Å². The smallest absolute Gasteiger partial charge is 0.0769 e. The predicted octanol–water partition coefficient (Wildman–Crippen LogP) is 16.2. The molecule has 8 bridgehead atoms. The fraction of sp³-hybridized carbons (Fsp3) is 0.212. The van der Waals surface area contributed by atoms with E-state index in [9.17, 15) is 0 Å². The molecule has 10 heteroatoms. The van der Waals surface area contributed by atoms with Crippen molar-refractivity contribution in [1.29, 1.82) is 0 Å². The number of para-hydroxylation sites is 2. The van der Waals surface area contributed by atoms with Crippen LogP contribution in [0.1, 0.15) is 111 Å². The number of aryl methyl sites for hydroxylation is 4. The average molecular weight is 997 g/mol. The number of nitrogens with zero attached hydrogens (tertiary/aromatic N) is 6. The number of aromatic amines is 2. The molecule has 0 saturated heterocycles. The number of pyridine rings is 4. The lowest BCUT2D eigenvalue weighted by atomic mass is 9.94. The molecule has 10 nitrogen and oxygen atoms in total. The minimum absolute atomic E-state index is 0.532. The molecule has 0 unspecified atom stereocenters. The Morgan fingerprint density at radius 3 is 1.26 bits per heavy atom. The first-order valence-electron chi connectivity index (χ1n) is 26.8. The van der Waals surface area contributed by atoms with Gasteiger partial charge in [-0.3, -0.25) is 19.9 Å². The molecular weight excluding hydrogens is 933 g/mol. The lowest BCUT2D eigenvalue weighted by Gasteiger charge is -2.15. The zero-order chi connectivity index (χ0) is 52.5. The monoisotopic (exact) mass is 997 g/mol. The van der Waals surface area contributed by atoms with Crippen LogP contribution in [0.2, 0.25) is 0 Å². The van der Waals surface area contributed by atoms with Crippen LogP contribution in [0, 0.1) is 13.8 Å². The van der Waals surface area contributed by atoms with Crippen molar-refractivity contribution >= 4 is 55.7 Å². The molecule has 7 aromatic heterocycles. The molecule has 2 aliphatic rings. The molecule has 0 saturated carbocycles. The fourth-order valence-electron chi connectivity index (χ4n) is 11.4. The van der Waals surface area contributed by atoms with Crippen molar-refractivity contribution < 1.29 is 0 Å². The van der Waals surface area contributed by atoms with Gasteiger partial charge in [0.2, 0.25) is 0 Å². The van der Waals surface area contributed by atoms with Crippen molar-refractivity contribution in [2.45, 2.75) is 94.2 Å². The molecule has 0 aliphatic carbocycles. The minimum Gasteiger partial charge on any atom is -0.379 e. The third kappa shape index (κ3) is 9.18. The van der Waals surface area contributed by atoms with Gasteiger partial charge in [-0.1, -0.05) is 76.2 Å². The molecular formula is C66H64N10. The van der Waals surface area contributed by atoms with E-state index >= 15 is 0 Å². The third-order valence-corrected chi connectivity index (χ3v) is 15.3. The van der Waals surface area contributed by atoms with Crippen LogP contribution in [0.4, 0.5) is 11.4 Å². The Kier molecular flexibility index (Phi) is 13.8. The second-order valence-electron chi connectivity index (χ2n) is 19.7. The number of aromatic nitrogens is 8. The summed E-state index contributed by atoms with van der Waals surface area (Å²) in [4.78, 5) is 38.4. The standard InChI is InChI=1S/C66H64N10/c1-9-47-39(5)63-61(51-25-13-15-27-55(51)69-37-45-23-17-29-53(71-45)43-21-19-31-67-35-43)64-41(7)49(11-3)59(75-64)34-60-50(12-4)42(8)66(76-60)62(65-40(6)48(10-2)58(74-65)33-57(47)73-63)52-26-14-16-28-56(52)70-38-46-24-18-30-54(72-46)44-22-20-32-68-36-44/h13-36,69-70,73,76H,9-12,37-38H2,1-8H3. The first kappa shape index (κ1) is 49.5. The van der Waals surface area contributed by atoms with Gasteiger partial charge < -0.3 is 20.6 Å². The lowest BCUT2D eigenvalue weighted by molar-refractivity contribution is 1.05. The molecule has 2 aromatic carbocycles. The van der Waals surface area contributed by atoms with Crippen molar-refractivity contribution in [3.05, 3.63) is 203 Å². The summed E-state index contributed by atoms with van der Waals surface area (Å²) in [5.41, 5.74) is 29.7. The molecule has 9 aromatic rings. The van der Waals surface area contributed by atoms with Crippen LogP contribution in [0.15, 0.2) is 146 Å². The van der Waals surface area contributed by atoms with Crippen LogP contribution in [-0.4, -0.2) is 39.9 Å². The summed E-state index contributed by atoms with van der Waals surface area (Å²) in [6, 6.07) is 42.2. The Labute approximate surface area is 445 Å². The highest BCUT2D eigenvalue weighted by Gasteiger charge is 2.27. The van der Waals surface area contributed by atoms with Crippen molar-refractivity contribution in [3.63, 3.8) is 0 Å². The molecule has 0 radical (unpaired) electrons. The highest BCUT2D eigenvalue weighted by atomic mass is 14.9. The summed E-state index contributed by atoms with van der Waals surface area (Å²) < 4.78 is 0. The van der Waals surface area contributed by atoms with Gasteiger partial charge >= 0.3 is 0 Å². The molecule has 0 fully saturated rings. The van der Waals surface area contributed by atoms with E-state index in [0.717, 1.165) is 138 Å². The fourth-order valence-corrected chi connectivity index (χ4v) is 11.4. The first-order valence-corrected chi connectivity index (χ1v) is 26.8. The van der Waals surface area contributed by atoms with Gasteiger partial charge in [-0.2, -0.15) is 0 Å². The van der Waals surface area contributed by atoms with Gasteiger partial charge in [0.05, 0.1) is 69.7 Å². The van der Waals surface area contributed by atoms with Gasteiger partial charge in [-0.25, -0.2) is 9.97 Å². The van der Waals surface area contributed by atoms with Crippen LogP contribution in [0.3, 0.4) is 0 Å². The molecule has 9 heterocycles. The Morgan fingerprint density at radius 2 is 0.868 bits per heavy atom. The SMILES string of the molecule is CCC1=C(C)c2nc1cc1[nH]c(c(C)c1CC)c(-c1ccccc1NCc1cccc(-c3cccnc3)n1)c1nc(cc3[nH]c(c(C)c3CC)c2-c2ccccc2NCc2cccc(-c3cccnc3)n2)C(CC)=C1C. The van der Waals surface area contributed by atoms with Gasteiger partial charge in [0, 0.05) is 80.6 Å². The van der Waals surface area contributed by atoms with Gasteiger partial charge in [-0.05, 0) is 171 Å². The summed E-state index contributed by atoms with van der Waals surface area (Å²) in [7, 11) is 0. The number of hydrogen-bond donors (Lipinski definition) is 4. The second kappa shape index (κ2) is 21.2. The van der Waals surface area contributed by atoms with Crippen molar-refractivity contribution in [1.82, 2.24) is 39.9 Å². The van der Waals surface area contributed by atoms with E-state index in [1.165, 1.54) is 44.5 Å². The molecule has 2 aliphatic heterocycles. The van der Waals surface area contributed by atoms with E-state index < -0.39 is 0 Å². The van der Waals surface area contributed by atoms with Crippen LogP contribution in [-0.2, 0) is 25.9 Å². The van der Waals surface area contributed by atoms with Gasteiger partial charge in [-0.15, -0.1) is 0 Å². The second-order valence-corrected chi connectivity index (χ2v) is 19.7. The molecule has 0 atom stereocenters. The Morgan fingerprint density at radius 1 is 0.434 bits per heavy atom. The Hall–Kier alpha value is -8.76. The summed E-state index contributed by atoms with van der Waals surface area (Å²) in [5.74, 6) is 0. The van der Waals surface area contributed by atoms with Gasteiger partial charge in [0.1, 0.15) is 0 Å². The average Bonchev–Trinajstić information content (AvgIpc) is 4.23. The third-order valence-electron chi connectivity index (χ3n) is 15.3. The van der Waals surface area contributed by atoms with E-state index in [0.29, 0.717) is 13.1 Å². The van der Waals surface area contributed by atoms with Gasteiger partial charge in [0.15, 0.2) is 0 Å². The lowest BCUT2D eigenvalue weighted by Crippen LogP contribution is -2.04. The molecule has 4 N–H and O–H groups in total. The van der Waals surface area contributed by atoms with E-state index in [1.807, 2.05) is 48.8 Å². The summed E-state index contributed by atoms with van der Waals surface area (Å²) in [6.07, 6.45) is 10.6. The van der Waals surface area contributed by atoms with Crippen molar-refractivity contribution in [3.8, 4) is 44.8 Å². The first-order chi connectivity index (χ1) is 37.2. The largest absolute Gasteiger partial charge is 0.379 e. The van der Waals surface area contributed by atoms with E-state index in [4.69, 9.17) is 19.9 Å². The topological polar surface area (TPSA) is 133 Å². The number of allylic oxidation sites excluding steroid dienone is 4. The quantitative estimate of drug-likeness (QED) is 0.0847. The van der Waals surface area contributed by atoms with E-state index in [1.54, 1.807) is 12.4 Å². The normalized spacial score (nSPS) is 12.4. The van der Waals surface area contributed by atoms with Crippen LogP contribution >= 0.6 is 0 Å². The highest BCUT2D eigenvalue weighted by Crippen LogP contribution is 2.46. The molecule has 0 spiro atoms. The summed E-state index contributed by atoms with van der Waals surface area (Å²) in [6.45, 7) is 19.1. The molecule has 11 rings (SSSR count). The number of hydrogen-bond acceptors (Lipinski definition) is 8. The zero-order valence-electron chi connectivity index (χ0n) is 44.8. The number of fused-ring (bicyclic) bond motifs is 8. The summed E-state index contributed by atoms with van der Waals surface area (Å²) in [5, 5.41) is 7.66. The Balaban J connectivity index is 1.14. The van der Waals surface area contributed by atoms with Crippen LogP contribution in [0.5, 0.6) is 0 Å². The van der Waals surface area contributed by atoms with Crippen molar-refractivity contribution in [2.24, 2.45) is 0 Å². The van der Waals surface area contributed by atoms with E-state index in [-0.39, 0.29) is 0 Å². The number of rotatable bonds is 14. The molecule has 378 valence electrons. The number of benzene rings is 2. The molecule has 0 amide bonds. The van der Waals surface area contributed by atoms with Crippen LogP contribution < -0.4 is 10.6 Å². The maximum absolute atomic E-state index is 5.74.